The highest BCUT2D eigenvalue weighted by molar-refractivity contribution is 7.89. The van der Waals surface area contributed by atoms with Crippen LogP contribution in [0.5, 0.6) is 11.5 Å². The molecule has 174 valence electrons. The SMILES string of the molecule is COC(=O)c1ccc(S(=O)(=O)N(CCO)Cc2cc3cc4c(cc3[nH]c2=O)OCCO4)cc1. The number of nitrogens with one attached hydrogen (secondary N) is 1. The molecule has 3 aromatic rings. The molecule has 10 nitrogen and oxygen atoms in total. The summed E-state index contributed by atoms with van der Waals surface area (Å²) < 4.78 is 43.1. The summed E-state index contributed by atoms with van der Waals surface area (Å²) in [7, 11) is -2.84. The first kappa shape index (κ1) is 22.8. The van der Waals surface area contributed by atoms with Crippen molar-refractivity contribution in [2.24, 2.45) is 0 Å². The molecule has 0 aliphatic carbocycles. The zero-order valence-electron chi connectivity index (χ0n) is 17.7. The maximum Gasteiger partial charge on any atom is 0.337 e. The number of hydrogen-bond donors (Lipinski definition) is 2. The number of nitrogens with zero attached hydrogens (tertiary/aromatic N) is 1. The Bertz CT molecular complexity index is 1350. The topological polar surface area (TPSA) is 135 Å². The number of fused-ring (bicyclic) bond motifs is 2. The minimum atomic E-state index is -4.07. The van der Waals surface area contributed by atoms with Crippen molar-refractivity contribution in [1.82, 2.24) is 9.29 Å². The quantitative estimate of drug-likeness (QED) is 0.489. The number of ether oxygens (including phenoxy) is 3. The summed E-state index contributed by atoms with van der Waals surface area (Å²) in [5.74, 6) is 0.472. The molecule has 1 aliphatic heterocycles. The summed E-state index contributed by atoms with van der Waals surface area (Å²) in [6.45, 7) is -0.105. The molecule has 0 bridgehead atoms. The Morgan fingerprint density at radius 3 is 2.42 bits per heavy atom. The minimum Gasteiger partial charge on any atom is -0.486 e. The van der Waals surface area contributed by atoms with E-state index in [4.69, 9.17) is 9.47 Å². The van der Waals surface area contributed by atoms with Crippen molar-refractivity contribution in [3.8, 4) is 11.5 Å². The number of hydrogen-bond acceptors (Lipinski definition) is 8. The number of rotatable bonds is 7. The van der Waals surface area contributed by atoms with Gasteiger partial charge in [-0.1, -0.05) is 0 Å². The molecule has 0 saturated carbocycles. The summed E-state index contributed by atoms with van der Waals surface area (Å²) in [4.78, 5) is 27.0. The lowest BCUT2D eigenvalue weighted by Crippen LogP contribution is -2.35. The van der Waals surface area contributed by atoms with Crippen LogP contribution in [0.2, 0.25) is 0 Å². The third kappa shape index (κ3) is 4.56. The standard InChI is InChI=1S/C22H22N2O8S/c1-30-22(27)14-2-4-17(5-3-14)33(28,29)24(6-7-25)13-16-10-15-11-19-20(32-9-8-31-19)12-18(15)23-21(16)26/h2-5,10-12,25H,6-9,13H2,1H3,(H,23,26). The lowest BCUT2D eigenvalue weighted by Gasteiger charge is -2.22. The Hall–Kier alpha value is -3.41. The van der Waals surface area contributed by atoms with Crippen LogP contribution >= 0.6 is 0 Å². The van der Waals surface area contributed by atoms with E-state index in [1.807, 2.05) is 0 Å². The first-order valence-corrected chi connectivity index (χ1v) is 11.5. The second kappa shape index (κ2) is 9.22. The third-order valence-corrected chi connectivity index (χ3v) is 7.05. The summed E-state index contributed by atoms with van der Waals surface area (Å²) in [5, 5.41) is 10.1. The molecule has 0 unspecified atom stereocenters. The van der Waals surface area contributed by atoms with Gasteiger partial charge in [0.1, 0.15) is 13.2 Å². The normalized spacial score (nSPS) is 13.3. The molecular weight excluding hydrogens is 452 g/mol. The molecule has 0 radical (unpaired) electrons. The van der Waals surface area contributed by atoms with E-state index in [9.17, 15) is 23.1 Å². The van der Waals surface area contributed by atoms with Crippen LogP contribution in [-0.2, 0) is 21.3 Å². The van der Waals surface area contributed by atoms with Gasteiger partial charge < -0.3 is 24.3 Å². The highest BCUT2D eigenvalue weighted by Crippen LogP contribution is 2.33. The van der Waals surface area contributed by atoms with Gasteiger partial charge in [0, 0.05) is 30.1 Å². The molecule has 2 N–H and O–H groups in total. The van der Waals surface area contributed by atoms with Gasteiger partial charge in [-0.05, 0) is 36.4 Å². The summed E-state index contributed by atoms with van der Waals surface area (Å²) in [6, 6.07) is 10.2. The highest BCUT2D eigenvalue weighted by atomic mass is 32.2. The number of carbonyl (C=O) groups excluding carboxylic acids is 1. The van der Waals surface area contributed by atoms with Gasteiger partial charge in [-0.15, -0.1) is 0 Å². The molecule has 11 heteroatoms. The van der Waals surface area contributed by atoms with Crippen molar-refractivity contribution in [3.63, 3.8) is 0 Å². The van der Waals surface area contributed by atoms with Crippen molar-refractivity contribution in [1.29, 1.82) is 0 Å². The Kier molecular flexibility index (Phi) is 6.36. The number of sulfonamides is 1. The van der Waals surface area contributed by atoms with Crippen LogP contribution in [-0.4, -0.2) is 62.3 Å². The lowest BCUT2D eigenvalue weighted by molar-refractivity contribution is 0.0600. The van der Waals surface area contributed by atoms with Crippen molar-refractivity contribution >= 4 is 26.9 Å². The molecule has 0 saturated heterocycles. The first-order valence-electron chi connectivity index (χ1n) is 10.1. The zero-order valence-corrected chi connectivity index (χ0v) is 18.6. The Morgan fingerprint density at radius 1 is 1.12 bits per heavy atom. The van der Waals surface area contributed by atoms with Gasteiger partial charge in [-0.2, -0.15) is 4.31 Å². The van der Waals surface area contributed by atoms with Crippen LogP contribution < -0.4 is 15.0 Å². The van der Waals surface area contributed by atoms with Gasteiger partial charge in [-0.25, -0.2) is 13.2 Å². The number of esters is 1. The Labute approximate surface area is 189 Å². The molecule has 0 spiro atoms. The molecule has 1 aliphatic rings. The van der Waals surface area contributed by atoms with E-state index in [1.54, 1.807) is 18.2 Å². The van der Waals surface area contributed by atoms with Crippen LogP contribution in [0.15, 0.2) is 52.2 Å². The van der Waals surface area contributed by atoms with Crippen LogP contribution in [0.25, 0.3) is 10.9 Å². The van der Waals surface area contributed by atoms with Crippen molar-refractivity contribution in [2.75, 3.05) is 33.5 Å². The van der Waals surface area contributed by atoms with E-state index in [1.165, 1.54) is 31.4 Å². The average Bonchev–Trinajstić information content (AvgIpc) is 2.82. The zero-order chi connectivity index (χ0) is 23.6. The molecule has 4 rings (SSSR count). The van der Waals surface area contributed by atoms with Crippen LogP contribution in [0.3, 0.4) is 0 Å². The number of aromatic amines is 1. The number of carbonyl (C=O) groups is 1. The number of aliphatic hydroxyl groups is 1. The van der Waals surface area contributed by atoms with Crippen molar-refractivity contribution in [2.45, 2.75) is 11.4 Å². The van der Waals surface area contributed by atoms with Gasteiger partial charge >= 0.3 is 5.97 Å². The molecule has 2 heterocycles. The molecule has 2 aromatic carbocycles. The van der Waals surface area contributed by atoms with E-state index < -0.39 is 28.2 Å². The number of methoxy groups -OCH3 is 1. The van der Waals surface area contributed by atoms with Crippen molar-refractivity contribution in [3.05, 3.63) is 63.9 Å². The second-order valence-corrected chi connectivity index (χ2v) is 9.22. The maximum atomic E-state index is 13.2. The molecule has 0 fully saturated rings. The fourth-order valence-corrected chi connectivity index (χ4v) is 4.93. The van der Waals surface area contributed by atoms with Crippen LogP contribution in [0, 0.1) is 0 Å². The Morgan fingerprint density at radius 2 is 1.79 bits per heavy atom. The van der Waals surface area contributed by atoms with Crippen LogP contribution in [0.1, 0.15) is 15.9 Å². The fourth-order valence-electron chi connectivity index (χ4n) is 3.52. The van der Waals surface area contributed by atoms with E-state index in [2.05, 4.69) is 9.72 Å². The first-order chi connectivity index (χ1) is 15.8. The second-order valence-electron chi connectivity index (χ2n) is 7.28. The van der Waals surface area contributed by atoms with Gasteiger partial charge in [0.25, 0.3) is 5.56 Å². The summed E-state index contributed by atoms with van der Waals surface area (Å²) in [5.41, 5.74) is 0.467. The molecule has 0 atom stereocenters. The summed E-state index contributed by atoms with van der Waals surface area (Å²) in [6.07, 6.45) is 0. The number of H-pyrrole nitrogens is 1. The van der Waals surface area contributed by atoms with E-state index in [0.29, 0.717) is 35.6 Å². The number of pyridine rings is 1. The minimum absolute atomic E-state index is 0.0829. The van der Waals surface area contributed by atoms with Gasteiger partial charge in [-0.3, -0.25) is 4.79 Å². The molecule has 0 amide bonds. The smallest absolute Gasteiger partial charge is 0.337 e. The van der Waals surface area contributed by atoms with E-state index in [-0.39, 0.29) is 29.1 Å². The maximum absolute atomic E-state index is 13.2. The van der Waals surface area contributed by atoms with Gasteiger partial charge in [0.2, 0.25) is 10.0 Å². The number of benzene rings is 2. The molecule has 33 heavy (non-hydrogen) atoms. The van der Waals surface area contributed by atoms with E-state index in [0.717, 1.165) is 4.31 Å². The highest BCUT2D eigenvalue weighted by Gasteiger charge is 2.26. The van der Waals surface area contributed by atoms with E-state index >= 15 is 0 Å². The number of aromatic nitrogens is 1. The monoisotopic (exact) mass is 474 g/mol. The number of aliphatic hydroxyl groups excluding tert-OH is 1. The predicted octanol–water partition coefficient (Wildman–Crippen LogP) is 1.27. The van der Waals surface area contributed by atoms with Crippen molar-refractivity contribution < 1.29 is 32.5 Å². The average molecular weight is 474 g/mol. The predicted molar refractivity (Wildman–Crippen MR) is 118 cm³/mol. The van der Waals surface area contributed by atoms with Gasteiger partial charge in [0.05, 0.1) is 29.7 Å². The lowest BCUT2D eigenvalue weighted by atomic mass is 10.1. The van der Waals surface area contributed by atoms with Gasteiger partial charge in [0.15, 0.2) is 11.5 Å². The molecular formula is C22H22N2O8S. The third-order valence-electron chi connectivity index (χ3n) is 5.19. The largest absolute Gasteiger partial charge is 0.486 e. The Balaban J connectivity index is 1.67. The fraction of sp³-hybridized carbons (Fsp3) is 0.273. The summed E-state index contributed by atoms with van der Waals surface area (Å²) >= 11 is 0. The molecule has 1 aromatic heterocycles. The van der Waals surface area contributed by atoms with Crippen LogP contribution in [0.4, 0.5) is 0 Å².